The number of hydrogen-bond donors (Lipinski definition) is 0. The third kappa shape index (κ3) is 4.29. The molecule has 27 heavy (non-hydrogen) atoms. The second-order valence-corrected chi connectivity index (χ2v) is 8.15. The van der Waals surface area contributed by atoms with Gasteiger partial charge in [0, 0.05) is 0 Å². The lowest BCUT2D eigenvalue weighted by Crippen LogP contribution is -2.01. The second-order valence-electron chi connectivity index (χ2n) is 5.83. The van der Waals surface area contributed by atoms with Gasteiger partial charge in [-0.3, -0.25) is 0 Å². The third-order valence-electron chi connectivity index (χ3n) is 4.02. The van der Waals surface area contributed by atoms with Gasteiger partial charge in [-0.25, -0.2) is 4.68 Å². The molecule has 5 nitrogen and oxygen atoms in total. The van der Waals surface area contributed by atoms with E-state index in [4.69, 9.17) is 4.74 Å². The minimum Gasteiger partial charge on any atom is -0.487 e. The summed E-state index contributed by atoms with van der Waals surface area (Å²) < 4.78 is 9.84. The van der Waals surface area contributed by atoms with Crippen molar-refractivity contribution >= 4 is 62.2 Å². The second kappa shape index (κ2) is 8.34. The molecule has 0 N–H and O–H groups in total. The van der Waals surface area contributed by atoms with Crippen LogP contribution in [0.5, 0.6) is 5.75 Å². The normalized spacial score (nSPS) is 11.3. The van der Waals surface area contributed by atoms with Crippen LogP contribution in [0.3, 0.4) is 0 Å². The number of fused-ring (bicyclic) bond motifs is 1. The van der Waals surface area contributed by atoms with Gasteiger partial charge in [-0.1, -0.05) is 42.5 Å². The van der Waals surface area contributed by atoms with Crippen molar-refractivity contribution < 1.29 is 4.74 Å². The Hall–Kier alpha value is -2.01. The van der Waals surface area contributed by atoms with E-state index in [0.29, 0.717) is 6.61 Å². The largest absolute Gasteiger partial charge is 0.487 e. The van der Waals surface area contributed by atoms with Gasteiger partial charge in [-0.05, 0) is 79.2 Å². The van der Waals surface area contributed by atoms with Crippen molar-refractivity contribution in [1.29, 1.82) is 0 Å². The maximum absolute atomic E-state index is 6.18. The average Bonchev–Trinajstić information content (AvgIpc) is 3.19. The first-order valence-electron chi connectivity index (χ1n) is 8.18. The van der Waals surface area contributed by atoms with Crippen molar-refractivity contribution in [3.05, 3.63) is 85.5 Å². The summed E-state index contributed by atoms with van der Waals surface area (Å²) in [5.74, 6) is 0.894. The molecular formula is C20H14I2N4O. The fourth-order valence-electron chi connectivity index (χ4n) is 2.75. The van der Waals surface area contributed by atoms with Gasteiger partial charge in [0.1, 0.15) is 25.0 Å². The molecule has 0 aliphatic carbocycles. The van der Waals surface area contributed by atoms with Crippen molar-refractivity contribution in [3.8, 4) is 5.75 Å². The molecule has 0 fully saturated rings. The van der Waals surface area contributed by atoms with Gasteiger partial charge in [-0.2, -0.15) is 5.10 Å². The lowest BCUT2D eigenvalue weighted by Gasteiger charge is -2.13. The molecule has 0 radical (unpaired) electrons. The van der Waals surface area contributed by atoms with Gasteiger partial charge >= 0.3 is 0 Å². The van der Waals surface area contributed by atoms with Gasteiger partial charge in [-0.15, -0.1) is 10.2 Å². The monoisotopic (exact) mass is 580 g/mol. The Morgan fingerprint density at radius 1 is 0.963 bits per heavy atom. The third-order valence-corrected chi connectivity index (χ3v) is 5.62. The first-order chi connectivity index (χ1) is 13.2. The summed E-state index contributed by atoms with van der Waals surface area (Å²) in [6, 6.07) is 18.8. The lowest BCUT2D eigenvalue weighted by molar-refractivity contribution is 0.303. The van der Waals surface area contributed by atoms with E-state index in [2.05, 4.69) is 115 Å². The Kier molecular flexibility index (Phi) is 5.67. The molecule has 4 rings (SSSR count). The van der Waals surface area contributed by atoms with Gasteiger partial charge in [0.05, 0.1) is 13.4 Å². The summed E-state index contributed by atoms with van der Waals surface area (Å²) in [7, 11) is 0. The highest BCUT2D eigenvalue weighted by atomic mass is 127. The van der Waals surface area contributed by atoms with Crippen LogP contribution in [-0.2, 0) is 6.61 Å². The molecule has 134 valence electrons. The molecule has 0 aliphatic rings. The van der Waals surface area contributed by atoms with Crippen LogP contribution >= 0.6 is 45.2 Å². The number of halogens is 2. The van der Waals surface area contributed by atoms with E-state index in [1.807, 2.05) is 0 Å². The summed E-state index contributed by atoms with van der Waals surface area (Å²) in [5.41, 5.74) is 2.17. The van der Waals surface area contributed by atoms with Crippen molar-refractivity contribution in [2.24, 2.45) is 5.10 Å². The molecule has 0 saturated heterocycles. The Labute approximate surface area is 183 Å². The molecule has 1 heterocycles. The minimum absolute atomic E-state index is 0.529. The van der Waals surface area contributed by atoms with E-state index in [9.17, 15) is 0 Å². The first kappa shape index (κ1) is 18.4. The molecule has 0 unspecified atom stereocenters. The van der Waals surface area contributed by atoms with Gasteiger partial charge in [0.15, 0.2) is 0 Å². The number of benzene rings is 3. The van der Waals surface area contributed by atoms with Crippen LogP contribution in [0.15, 0.2) is 72.4 Å². The van der Waals surface area contributed by atoms with Gasteiger partial charge < -0.3 is 4.74 Å². The summed E-state index contributed by atoms with van der Waals surface area (Å²) in [4.78, 5) is 0. The average molecular weight is 580 g/mol. The standard InChI is InChI=1S/C20H14I2N4O/c21-18-8-14(10-25-26-12-23-24-13-26)9-19(22)20(18)27-11-16-6-3-5-15-4-1-2-7-17(15)16/h1-10,12-13H,11H2/b25-10-. The van der Waals surface area contributed by atoms with Crippen LogP contribution in [-0.4, -0.2) is 21.1 Å². The highest BCUT2D eigenvalue weighted by molar-refractivity contribution is 14.1. The van der Waals surface area contributed by atoms with Crippen LogP contribution in [0.4, 0.5) is 0 Å². The van der Waals surface area contributed by atoms with Crippen LogP contribution in [0, 0.1) is 7.14 Å². The van der Waals surface area contributed by atoms with E-state index >= 15 is 0 Å². The quantitative estimate of drug-likeness (QED) is 0.244. The predicted molar refractivity (Wildman–Crippen MR) is 123 cm³/mol. The molecule has 7 heteroatoms. The van der Waals surface area contributed by atoms with E-state index in [0.717, 1.165) is 18.5 Å². The molecule has 4 aromatic rings. The van der Waals surface area contributed by atoms with Gasteiger partial charge in [0.2, 0.25) is 0 Å². The van der Waals surface area contributed by atoms with Crippen LogP contribution < -0.4 is 4.74 Å². The van der Waals surface area contributed by atoms with Crippen molar-refractivity contribution in [2.75, 3.05) is 0 Å². The zero-order valence-corrected chi connectivity index (χ0v) is 18.4. The Balaban J connectivity index is 1.55. The number of hydrogen-bond acceptors (Lipinski definition) is 4. The summed E-state index contributed by atoms with van der Waals surface area (Å²) in [6.07, 6.45) is 4.88. The smallest absolute Gasteiger partial charge is 0.146 e. The SMILES string of the molecule is Ic1cc(/C=N\n2cnnc2)cc(I)c1OCc1cccc2ccccc12. The van der Waals surface area contributed by atoms with E-state index < -0.39 is 0 Å². The molecule has 0 atom stereocenters. The highest BCUT2D eigenvalue weighted by Crippen LogP contribution is 2.30. The van der Waals surface area contributed by atoms with Crippen molar-refractivity contribution in [2.45, 2.75) is 6.61 Å². The molecule has 0 saturated carbocycles. The van der Waals surface area contributed by atoms with Crippen LogP contribution in [0.1, 0.15) is 11.1 Å². The zero-order chi connectivity index (χ0) is 18.6. The Morgan fingerprint density at radius 3 is 2.44 bits per heavy atom. The number of nitrogens with zero attached hydrogens (tertiary/aromatic N) is 4. The zero-order valence-electron chi connectivity index (χ0n) is 14.1. The molecule has 0 amide bonds. The molecule has 3 aromatic carbocycles. The number of aromatic nitrogens is 3. The lowest BCUT2D eigenvalue weighted by atomic mass is 10.1. The summed E-state index contributed by atoms with van der Waals surface area (Å²) >= 11 is 4.61. The number of ether oxygens (including phenoxy) is 1. The van der Waals surface area contributed by atoms with Crippen molar-refractivity contribution in [3.63, 3.8) is 0 Å². The minimum atomic E-state index is 0.529. The topological polar surface area (TPSA) is 52.3 Å². The predicted octanol–water partition coefficient (Wildman–Crippen LogP) is 5.10. The van der Waals surface area contributed by atoms with Crippen LogP contribution in [0.25, 0.3) is 10.8 Å². The summed E-state index contributed by atoms with van der Waals surface area (Å²) in [5, 5.41) is 14.2. The molecule has 0 bridgehead atoms. The molecule has 1 aromatic heterocycles. The fourth-order valence-corrected chi connectivity index (χ4v) is 4.88. The van der Waals surface area contributed by atoms with E-state index in [1.54, 1.807) is 23.5 Å². The van der Waals surface area contributed by atoms with Crippen LogP contribution in [0.2, 0.25) is 0 Å². The number of rotatable bonds is 5. The molecule has 0 spiro atoms. The van der Waals surface area contributed by atoms with Crippen molar-refractivity contribution in [1.82, 2.24) is 14.9 Å². The van der Waals surface area contributed by atoms with E-state index in [1.165, 1.54) is 16.3 Å². The maximum Gasteiger partial charge on any atom is 0.146 e. The first-order valence-corrected chi connectivity index (χ1v) is 10.3. The Morgan fingerprint density at radius 2 is 1.67 bits per heavy atom. The summed E-state index contributed by atoms with van der Waals surface area (Å²) in [6.45, 7) is 0.529. The van der Waals surface area contributed by atoms with Gasteiger partial charge in [0.25, 0.3) is 0 Å². The molecular weight excluding hydrogens is 566 g/mol. The maximum atomic E-state index is 6.18. The Bertz CT molecular complexity index is 1080. The highest BCUT2D eigenvalue weighted by Gasteiger charge is 2.10. The fraction of sp³-hybridized carbons (Fsp3) is 0.0500. The van der Waals surface area contributed by atoms with E-state index in [-0.39, 0.29) is 0 Å². The molecule has 0 aliphatic heterocycles.